The van der Waals surface area contributed by atoms with Crippen LogP contribution in [0.25, 0.3) is 0 Å². The molecule has 2 aliphatic heterocycles. The standard InChI is InChI=1S/C20H22N2/c1-14-8-9-15-13-19-10-5-11-20(19,21-17(15)12-14)22(2)18-7-4-3-6-16(18)19/h3-4,6-9,12,21H,5,10-11,13H2,1-2H3/t19-,20+/m0/s1. The van der Waals surface area contributed by atoms with Crippen LogP contribution >= 0.6 is 0 Å². The largest absolute Gasteiger partial charge is 0.362 e. The van der Waals surface area contributed by atoms with E-state index in [-0.39, 0.29) is 11.1 Å². The number of rotatable bonds is 0. The molecule has 0 radical (unpaired) electrons. The van der Waals surface area contributed by atoms with E-state index in [0.29, 0.717) is 0 Å². The molecular formula is C20H22N2. The van der Waals surface area contributed by atoms with Gasteiger partial charge in [-0.2, -0.15) is 0 Å². The van der Waals surface area contributed by atoms with Gasteiger partial charge >= 0.3 is 0 Å². The molecule has 3 aliphatic rings. The van der Waals surface area contributed by atoms with Crippen LogP contribution in [0.3, 0.4) is 0 Å². The predicted octanol–water partition coefficient (Wildman–Crippen LogP) is 4.23. The van der Waals surface area contributed by atoms with Gasteiger partial charge in [-0.1, -0.05) is 30.3 Å². The van der Waals surface area contributed by atoms with Gasteiger partial charge in [-0.05, 0) is 61.4 Å². The van der Waals surface area contributed by atoms with Crippen LogP contribution in [0.1, 0.15) is 36.0 Å². The molecule has 0 bridgehead atoms. The molecular weight excluding hydrogens is 268 g/mol. The highest BCUT2D eigenvalue weighted by molar-refractivity contribution is 5.74. The number of hydrogen-bond acceptors (Lipinski definition) is 2. The second kappa shape index (κ2) is 3.87. The minimum Gasteiger partial charge on any atom is -0.362 e. The monoisotopic (exact) mass is 290 g/mol. The Bertz CT molecular complexity index is 781. The van der Waals surface area contributed by atoms with Crippen LogP contribution in [0.15, 0.2) is 42.5 Å². The van der Waals surface area contributed by atoms with Gasteiger partial charge in [0.2, 0.25) is 0 Å². The summed E-state index contributed by atoms with van der Waals surface area (Å²) >= 11 is 0. The Hall–Kier alpha value is -1.96. The predicted molar refractivity (Wildman–Crippen MR) is 91.6 cm³/mol. The van der Waals surface area contributed by atoms with E-state index in [1.165, 1.54) is 41.8 Å². The fraction of sp³-hybridized carbons (Fsp3) is 0.400. The molecule has 0 amide bonds. The van der Waals surface area contributed by atoms with Crippen LogP contribution in [0.4, 0.5) is 11.4 Å². The van der Waals surface area contributed by atoms with E-state index >= 15 is 0 Å². The first kappa shape index (κ1) is 12.6. The molecule has 112 valence electrons. The van der Waals surface area contributed by atoms with E-state index in [4.69, 9.17) is 0 Å². The molecule has 2 heterocycles. The van der Waals surface area contributed by atoms with Crippen molar-refractivity contribution < 1.29 is 0 Å². The summed E-state index contributed by atoms with van der Waals surface area (Å²) in [5.41, 5.74) is 7.43. The average molecular weight is 290 g/mol. The maximum Gasteiger partial charge on any atom is 0.120 e. The van der Waals surface area contributed by atoms with Crippen LogP contribution in [0.2, 0.25) is 0 Å². The van der Waals surface area contributed by atoms with E-state index in [1.807, 2.05) is 0 Å². The van der Waals surface area contributed by atoms with Crippen LogP contribution in [-0.2, 0) is 11.8 Å². The number of nitrogens with one attached hydrogen (secondary N) is 1. The molecule has 2 nitrogen and oxygen atoms in total. The molecule has 5 rings (SSSR count). The first-order valence-corrected chi connectivity index (χ1v) is 8.37. The van der Waals surface area contributed by atoms with E-state index < -0.39 is 0 Å². The lowest BCUT2D eigenvalue weighted by Gasteiger charge is -2.50. The van der Waals surface area contributed by atoms with Crippen LogP contribution in [0.5, 0.6) is 0 Å². The minimum atomic E-state index is 0.0669. The molecule has 2 aromatic carbocycles. The molecule has 2 atom stereocenters. The molecule has 1 saturated carbocycles. The quantitative estimate of drug-likeness (QED) is 0.781. The second-order valence-electron chi connectivity index (χ2n) is 7.33. The van der Waals surface area contributed by atoms with Crippen molar-refractivity contribution >= 4 is 11.4 Å². The molecule has 2 aromatic rings. The van der Waals surface area contributed by atoms with Crippen molar-refractivity contribution in [2.45, 2.75) is 43.7 Å². The summed E-state index contributed by atoms with van der Waals surface area (Å²) in [6.07, 6.45) is 4.98. The lowest BCUT2D eigenvalue weighted by Crippen LogP contribution is -2.62. The second-order valence-corrected chi connectivity index (χ2v) is 7.33. The Morgan fingerprint density at radius 3 is 2.86 bits per heavy atom. The molecule has 0 aromatic heterocycles. The molecule has 1 fully saturated rings. The molecule has 1 N–H and O–H groups in total. The maximum atomic E-state index is 3.99. The Morgan fingerprint density at radius 1 is 1.09 bits per heavy atom. The zero-order valence-corrected chi connectivity index (χ0v) is 13.3. The highest BCUT2D eigenvalue weighted by Gasteiger charge is 2.64. The first-order valence-electron chi connectivity index (χ1n) is 8.37. The Labute approximate surface area is 132 Å². The molecule has 1 aliphatic carbocycles. The van der Waals surface area contributed by atoms with Crippen LogP contribution < -0.4 is 10.2 Å². The Kier molecular flexibility index (Phi) is 2.21. The maximum absolute atomic E-state index is 3.99. The zero-order valence-electron chi connectivity index (χ0n) is 13.3. The number of nitrogens with zero attached hydrogens (tertiary/aromatic N) is 1. The van der Waals surface area contributed by atoms with E-state index in [0.717, 1.165) is 6.42 Å². The number of likely N-dealkylation sites (N-methyl/N-ethyl adjacent to an activating group) is 1. The van der Waals surface area contributed by atoms with Gasteiger partial charge in [0.15, 0.2) is 0 Å². The van der Waals surface area contributed by atoms with E-state index in [2.05, 4.69) is 66.7 Å². The van der Waals surface area contributed by atoms with Gasteiger partial charge in [-0.3, -0.25) is 0 Å². The normalized spacial score (nSPS) is 31.1. The Morgan fingerprint density at radius 2 is 1.95 bits per heavy atom. The number of para-hydroxylation sites is 1. The number of benzene rings is 2. The summed E-state index contributed by atoms with van der Waals surface area (Å²) in [6, 6.07) is 15.9. The fourth-order valence-corrected chi connectivity index (χ4v) is 5.42. The fourth-order valence-electron chi connectivity index (χ4n) is 5.42. The van der Waals surface area contributed by atoms with Crippen molar-refractivity contribution in [3.8, 4) is 0 Å². The van der Waals surface area contributed by atoms with Gasteiger partial charge in [0.1, 0.15) is 5.66 Å². The highest BCUT2D eigenvalue weighted by atomic mass is 15.4. The average Bonchev–Trinajstić information content (AvgIpc) is 3.00. The highest BCUT2D eigenvalue weighted by Crippen LogP contribution is 2.63. The number of anilines is 2. The topological polar surface area (TPSA) is 15.3 Å². The molecule has 0 saturated heterocycles. The van der Waals surface area contributed by atoms with E-state index in [1.54, 1.807) is 5.56 Å². The van der Waals surface area contributed by atoms with Crippen molar-refractivity contribution in [2.24, 2.45) is 0 Å². The third kappa shape index (κ3) is 1.24. The van der Waals surface area contributed by atoms with Crippen molar-refractivity contribution in [2.75, 3.05) is 17.3 Å². The first-order chi connectivity index (χ1) is 10.7. The third-order valence-corrected chi connectivity index (χ3v) is 6.39. The summed E-state index contributed by atoms with van der Waals surface area (Å²) in [6.45, 7) is 2.18. The van der Waals surface area contributed by atoms with Gasteiger partial charge in [0.05, 0.1) is 0 Å². The van der Waals surface area contributed by atoms with Gasteiger partial charge in [0.25, 0.3) is 0 Å². The third-order valence-electron chi connectivity index (χ3n) is 6.39. The van der Waals surface area contributed by atoms with E-state index in [9.17, 15) is 0 Å². The number of aryl methyl sites for hydroxylation is 1. The Balaban J connectivity index is 1.78. The van der Waals surface area contributed by atoms with Crippen molar-refractivity contribution in [1.82, 2.24) is 0 Å². The smallest absolute Gasteiger partial charge is 0.120 e. The van der Waals surface area contributed by atoms with Gasteiger partial charge in [0, 0.05) is 23.8 Å². The summed E-state index contributed by atoms with van der Waals surface area (Å²) in [7, 11) is 2.28. The number of fused-ring (bicyclic) bond motifs is 2. The number of hydrogen-bond donors (Lipinski definition) is 1. The van der Waals surface area contributed by atoms with Gasteiger partial charge in [-0.25, -0.2) is 0 Å². The SMILES string of the molecule is Cc1ccc2c(c1)N[C@@]13CCC[C@]1(C2)c1ccccc1N3C. The van der Waals surface area contributed by atoms with Gasteiger partial charge in [-0.15, -0.1) is 0 Å². The molecule has 0 unspecified atom stereocenters. The zero-order chi connectivity index (χ0) is 14.9. The van der Waals surface area contributed by atoms with Crippen molar-refractivity contribution in [1.29, 1.82) is 0 Å². The summed E-state index contributed by atoms with van der Waals surface area (Å²) in [4.78, 5) is 2.53. The van der Waals surface area contributed by atoms with Crippen LogP contribution in [-0.4, -0.2) is 12.7 Å². The molecule has 2 heteroatoms. The van der Waals surface area contributed by atoms with Crippen molar-refractivity contribution in [3.05, 3.63) is 59.2 Å². The lowest BCUT2D eigenvalue weighted by molar-refractivity contribution is 0.292. The van der Waals surface area contributed by atoms with Gasteiger partial charge < -0.3 is 10.2 Å². The molecule has 0 spiro atoms. The van der Waals surface area contributed by atoms with Crippen molar-refractivity contribution in [3.63, 3.8) is 0 Å². The summed E-state index contributed by atoms with van der Waals surface area (Å²) in [5, 5.41) is 3.99. The minimum absolute atomic E-state index is 0.0669. The lowest BCUT2D eigenvalue weighted by atomic mass is 9.67. The summed E-state index contributed by atoms with van der Waals surface area (Å²) in [5.74, 6) is 0. The van der Waals surface area contributed by atoms with Crippen LogP contribution in [0, 0.1) is 6.92 Å². The molecule has 22 heavy (non-hydrogen) atoms. The summed E-state index contributed by atoms with van der Waals surface area (Å²) < 4.78 is 0.